The van der Waals surface area contributed by atoms with Crippen molar-refractivity contribution < 1.29 is 14.7 Å². The van der Waals surface area contributed by atoms with Gasteiger partial charge in [0.05, 0.1) is 11.7 Å². The van der Waals surface area contributed by atoms with Gasteiger partial charge in [-0.3, -0.25) is 0 Å². The quantitative estimate of drug-likeness (QED) is 0.517. The molecule has 1 aromatic rings. The van der Waals surface area contributed by atoms with Crippen LogP contribution in [-0.4, -0.2) is 12.0 Å². The molecule has 0 N–H and O–H groups in total. The van der Waals surface area contributed by atoms with Gasteiger partial charge in [-0.1, -0.05) is 13.0 Å². The monoisotopic (exact) mass is 190 g/mol. The number of hydrogen-bond donors (Lipinski definition) is 0. The van der Waals surface area contributed by atoms with Crippen molar-refractivity contribution in [1.29, 1.82) is 0 Å². The van der Waals surface area contributed by atoms with Gasteiger partial charge in [-0.2, -0.15) is 4.99 Å². The van der Waals surface area contributed by atoms with Crippen LogP contribution in [0.5, 0.6) is 0 Å². The van der Waals surface area contributed by atoms with Gasteiger partial charge in [0.1, 0.15) is 0 Å². The van der Waals surface area contributed by atoms with Crippen LogP contribution >= 0.6 is 0 Å². The van der Waals surface area contributed by atoms with Crippen molar-refractivity contribution in [3.8, 4) is 0 Å². The van der Waals surface area contributed by atoms with Crippen LogP contribution in [-0.2, 0) is 11.2 Å². The fourth-order valence-electron chi connectivity index (χ4n) is 1.19. The second-order valence-electron chi connectivity index (χ2n) is 2.69. The van der Waals surface area contributed by atoms with Crippen LogP contribution in [0.3, 0.4) is 0 Å². The van der Waals surface area contributed by atoms with Crippen LogP contribution in [0.25, 0.3) is 0 Å². The molecular formula is C10H8NO3-. The van der Waals surface area contributed by atoms with Crippen molar-refractivity contribution in [3.63, 3.8) is 0 Å². The van der Waals surface area contributed by atoms with Gasteiger partial charge in [0.15, 0.2) is 0 Å². The minimum absolute atomic E-state index is 0.136. The molecule has 0 fully saturated rings. The van der Waals surface area contributed by atoms with Crippen molar-refractivity contribution >= 4 is 17.7 Å². The molecule has 0 bridgehead atoms. The first-order chi connectivity index (χ1) is 6.69. The third-order valence-corrected chi connectivity index (χ3v) is 1.86. The Morgan fingerprint density at radius 3 is 2.79 bits per heavy atom. The molecule has 4 nitrogen and oxygen atoms in total. The molecule has 0 heterocycles. The standard InChI is InChI=1S/C10H9NO3/c1-2-7-5-8(11-6-12)3-4-9(7)10(13)14/h3-5H,2H2,1H3,(H,13,14)/p-1. The van der Waals surface area contributed by atoms with Gasteiger partial charge in [-0.15, -0.1) is 0 Å². The number of carbonyl (C=O) groups excluding carboxylic acids is 2. The molecule has 0 aliphatic heterocycles. The zero-order chi connectivity index (χ0) is 10.6. The molecule has 4 heteroatoms. The molecule has 0 aromatic heterocycles. The van der Waals surface area contributed by atoms with E-state index < -0.39 is 5.97 Å². The SMILES string of the molecule is CCc1cc(N=C=O)ccc1C(=O)[O-]. The topological polar surface area (TPSA) is 69.6 Å². The minimum Gasteiger partial charge on any atom is -0.545 e. The van der Waals surface area contributed by atoms with Gasteiger partial charge in [0, 0.05) is 5.56 Å². The number of carboxylic acid groups (broad SMARTS) is 1. The molecule has 1 aromatic carbocycles. The Labute approximate surface area is 80.9 Å². The molecule has 1 rings (SSSR count). The molecule has 0 aliphatic carbocycles. The number of carboxylic acids is 1. The van der Waals surface area contributed by atoms with E-state index in [0.29, 0.717) is 17.7 Å². The highest BCUT2D eigenvalue weighted by atomic mass is 16.4. The number of aromatic carboxylic acids is 1. The van der Waals surface area contributed by atoms with E-state index in [9.17, 15) is 14.7 Å². The second kappa shape index (κ2) is 4.35. The van der Waals surface area contributed by atoms with Crippen LogP contribution in [0.4, 0.5) is 5.69 Å². The van der Waals surface area contributed by atoms with E-state index in [2.05, 4.69) is 4.99 Å². The molecule has 0 unspecified atom stereocenters. The molecule has 0 saturated carbocycles. The normalized spacial score (nSPS) is 9.21. The van der Waals surface area contributed by atoms with Gasteiger partial charge >= 0.3 is 0 Å². The maximum atomic E-state index is 10.6. The zero-order valence-corrected chi connectivity index (χ0v) is 7.61. The van der Waals surface area contributed by atoms with E-state index in [-0.39, 0.29) is 5.56 Å². The molecule has 14 heavy (non-hydrogen) atoms. The first-order valence-corrected chi connectivity index (χ1v) is 4.11. The van der Waals surface area contributed by atoms with Crippen molar-refractivity contribution in [2.45, 2.75) is 13.3 Å². The van der Waals surface area contributed by atoms with Crippen molar-refractivity contribution in [2.24, 2.45) is 4.99 Å². The zero-order valence-electron chi connectivity index (χ0n) is 7.61. The minimum atomic E-state index is -1.22. The van der Waals surface area contributed by atoms with Crippen LogP contribution in [0.15, 0.2) is 23.2 Å². The Morgan fingerprint density at radius 1 is 1.57 bits per heavy atom. The molecule has 0 amide bonds. The van der Waals surface area contributed by atoms with E-state index >= 15 is 0 Å². The van der Waals surface area contributed by atoms with E-state index in [4.69, 9.17) is 0 Å². The molecule has 0 aliphatic rings. The lowest BCUT2D eigenvalue weighted by Gasteiger charge is -2.08. The summed E-state index contributed by atoms with van der Waals surface area (Å²) in [5, 5.41) is 10.6. The van der Waals surface area contributed by atoms with E-state index in [1.807, 2.05) is 6.92 Å². The van der Waals surface area contributed by atoms with E-state index in [1.54, 1.807) is 0 Å². The number of isocyanates is 1. The summed E-state index contributed by atoms with van der Waals surface area (Å²) in [5.74, 6) is -1.22. The highest BCUT2D eigenvalue weighted by Crippen LogP contribution is 2.18. The van der Waals surface area contributed by atoms with Crippen molar-refractivity contribution in [2.75, 3.05) is 0 Å². The van der Waals surface area contributed by atoms with Gasteiger partial charge in [0.2, 0.25) is 6.08 Å². The van der Waals surface area contributed by atoms with Crippen LogP contribution in [0.1, 0.15) is 22.8 Å². The predicted molar refractivity (Wildman–Crippen MR) is 47.9 cm³/mol. The molecule has 0 saturated heterocycles. The Balaban J connectivity index is 3.24. The molecule has 0 atom stereocenters. The summed E-state index contributed by atoms with van der Waals surface area (Å²) in [7, 11) is 0. The molecule has 0 radical (unpaired) electrons. The number of aryl methyl sites for hydroxylation is 1. The van der Waals surface area contributed by atoms with Gasteiger partial charge in [-0.25, -0.2) is 4.79 Å². The first kappa shape index (κ1) is 10.2. The van der Waals surface area contributed by atoms with Gasteiger partial charge < -0.3 is 9.90 Å². The number of rotatable bonds is 3. The highest BCUT2D eigenvalue weighted by Gasteiger charge is 2.02. The van der Waals surface area contributed by atoms with Crippen molar-refractivity contribution in [1.82, 2.24) is 0 Å². The molecular weight excluding hydrogens is 182 g/mol. The third kappa shape index (κ3) is 2.06. The first-order valence-electron chi connectivity index (χ1n) is 4.11. The third-order valence-electron chi connectivity index (χ3n) is 1.86. The number of aliphatic imine (C=N–C) groups is 1. The number of hydrogen-bond acceptors (Lipinski definition) is 4. The van der Waals surface area contributed by atoms with E-state index in [0.717, 1.165) is 0 Å². The predicted octanol–water partition coefficient (Wildman–Crippen LogP) is 0.580. The lowest BCUT2D eigenvalue weighted by molar-refractivity contribution is -0.255. The molecule has 0 spiro atoms. The summed E-state index contributed by atoms with van der Waals surface area (Å²) in [6.07, 6.45) is 1.94. The number of nitrogens with zero attached hydrogens (tertiary/aromatic N) is 1. The molecule has 72 valence electrons. The summed E-state index contributed by atoms with van der Waals surface area (Å²) in [5.41, 5.74) is 1.14. The number of carbonyl (C=O) groups is 1. The second-order valence-corrected chi connectivity index (χ2v) is 2.69. The maximum absolute atomic E-state index is 10.6. The maximum Gasteiger partial charge on any atom is 0.240 e. The Kier molecular flexibility index (Phi) is 3.15. The average Bonchev–Trinajstić information content (AvgIpc) is 2.17. The van der Waals surface area contributed by atoms with E-state index in [1.165, 1.54) is 24.3 Å². The summed E-state index contributed by atoms with van der Waals surface area (Å²) >= 11 is 0. The Morgan fingerprint density at radius 2 is 2.29 bits per heavy atom. The largest absolute Gasteiger partial charge is 0.545 e. The fourth-order valence-corrected chi connectivity index (χ4v) is 1.19. The smallest absolute Gasteiger partial charge is 0.240 e. The Bertz CT molecular complexity index is 406. The summed E-state index contributed by atoms with van der Waals surface area (Å²) in [6.45, 7) is 1.82. The summed E-state index contributed by atoms with van der Waals surface area (Å²) < 4.78 is 0. The number of benzene rings is 1. The van der Waals surface area contributed by atoms with Crippen molar-refractivity contribution in [3.05, 3.63) is 29.3 Å². The van der Waals surface area contributed by atoms with Crippen LogP contribution < -0.4 is 5.11 Å². The van der Waals surface area contributed by atoms with Gasteiger partial charge in [-0.05, 0) is 24.1 Å². The Hall–Kier alpha value is -1.93. The lowest BCUT2D eigenvalue weighted by Crippen LogP contribution is -2.23. The fraction of sp³-hybridized carbons (Fsp3) is 0.200. The lowest BCUT2D eigenvalue weighted by atomic mass is 10.0. The average molecular weight is 190 g/mol. The summed E-state index contributed by atoms with van der Waals surface area (Å²) in [4.78, 5) is 24.0. The van der Waals surface area contributed by atoms with Crippen LogP contribution in [0, 0.1) is 0 Å². The highest BCUT2D eigenvalue weighted by molar-refractivity contribution is 5.88. The summed E-state index contributed by atoms with van der Waals surface area (Å²) in [6, 6.07) is 4.36. The van der Waals surface area contributed by atoms with Crippen LogP contribution in [0.2, 0.25) is 0 Å². The van der Waals surface area contributed by atoms with Gasteiger partial charge in [0.25, 0.3) is 0 Å².